The molecule has 0 amide bonds. The van der Waals surface area contributed by atoms with Gasteiger partial charge in [0, 0.05) is 18.3 Å². The summed E-state index contributed by atoms with van der Waals surface area (Å²) in [5.74, 6) is 0.443. The Morgan fingerprint density at radius 3 is 2.82 bits per heavy atom. The monoisotopic (exact) mass is 236 g/mol. The summed E-state index contributed by atoms with van der Waals surface area (Å²) < 4.78 is 11.9. The van der Waals surface area contributed by atoms with Crippen molar-refractivity contribution in [3.05, 3.63) is 12.2 Å². The predicted molar refractivity (Wildman–Crippen MR) is 63.5 cm³/mol. The first kappa shape index (κ1) is 11.4. The highest BCUT2D eigenvalue weighted by molar-refractivity contribution is 5.89. The van der Waals surface area contributed by atoms with E-state index in [4.69, 9.17) is 9.47 Å². The Hall–Kier alpha value is -0.670. The van der Waals surface area contributed by atoms with Crippen LogP contribution in [0.2, 0.25) is 0 Å². The number of ether oxygens (including phenoxy) is 2. The van der Waals surface area contributed by atoms with Crippen molar-refractivity contribution in [2.24, 2.45) is 11.3 Å². The van der Waals surface area contributed by atoms with Gasteiger partial charge in [-0.2, -0.15) is 0 Å². The highest BCUT2D eigenvalue weighted by atomic mass is 16.7. The minimum Gasteiger partial charge on any atom is -0.347 e. The van der Waals surface area contributed by atoms with Crippen molar-refractivity contribution < 1.29 is 14.3 Å². The number of rotatable bonds is 0. The SMILES string of the molecule is C[C@]12C/C=C\C(=O)CC[C@@H]1CCC21OCCO1. The van der Waals surface area contributed by atoms with Crippen molar-refractivity contribution in [1.29, 1.82) is 0 Å². The van der Waals surface area contributed by atoms with Gasteiger partial charge in [0.15, 0.2) is 11.6 Å². The maximum absolute atomic E-state index is 11.5. The van der Waals surface area contributed by atoms with Gasteiger partial charge in [-0.1, -0.05) is 13.0 Å². The van der Waals surface area contributed by atoms with Crippen LogP contribution in [-0.4, -0.2) is 24.8 Å². The van der Waals surface area contributed by atoms with Gasteiger partial charge in [0.25, 0.3) is 0 Å². The quantitative estimate of drug-likeness (QED) is 0.648. The van der Waals surface area contributed by atoms with E-state index in [-0.39, 0.29) is 17.0 Å². The van der Waals surface area contributed by atoms with E-state index in [9.17, 15) is 4.79 Å². The van der Waals surface area contributed by atoms with E-state index in [2.05, 4.69) is 6.92 Å². The van der Waals surface area contributed by atoms with Crippen LogP contribution in [0.4, 0.5) is 0 Å². The number of carbonyl (C=O) groups is 1. The van der Waals surface area contributed by atoms with Gasteiger partial charge in [-0.15, -0.1) is 0 Å². The summed E-state index contributed by atoms with van der Waals surface area (Å²) in [5.41, 5.74) is 0.0424. The van der Waals surface area contributed by atoms with E-state index in [0.29, 0.717) is 25.6 Å². The van der Waals surface area contributed by atoms with E-state index in [1.165, 1.54) is 0 Å². The lowest BCUT2D eigenvalue weighted by Gasteiger charge is -2.42. The van der Waals surface area contributed by atoms with E-state index < -0.39 is 0 Å². The van der Waals surface area contributed by atoms with Crippen molar-refractivity contribution in [2.45, 2.75) is 44.8 Å². The molecule has 0 aromatic heterocycles. The number of ketones is 1. The molecule has 1 saturated carbocycles. The van der Waals surface area contributed by atoms with Crippen LogP contribution in [0.3, 0.4) is 0 Å². The molecule has 0 N–H and O–H groups in total. The molecule has 3 aliphatic rings. The fraction of sp³-hybridized carbons (Fsp3) is 0.786. The van der Waals surface area contributed by atoms with E-state index in [0.717, 1.165) is 25.7 Å². The molecule has 2 atom stereocenters. The third kappa shape index (κ3) is 1.59. The molecule has 0 aromatic rings. The molecule has 2 fully saturated rings. The molecule has 1 aliphatic heterocycles. The molecule has 2 aliphatic carbocycles. The van der Waals surface area contributed by atoms with Crippen LogP contribution < -0.4 is 0 Å². The molecule has 1 spiro atoms. The minimum atomic E-state index is -0.373. The largest absolute Gasteiger partial charge is 0.347 e. The lowest BCUT2D eigenvalue weighted by molar-refractivity contribution is -0.224. The average molecular weight is 236 g/mol. The van der Waals surface area contributed by atoms with Crippen molar-refractivity contribution in [2.75, 3.05) is 13.2 Å². The second-order valence-corrected chi connectivity index (χ2v) is 5.71. The maximum atomic E-state index is 11.5. The fourth-order valence-electron chi connectivity index (χ4n) is 3.83. The van der Waals surface area contributed by atoms with Gasteiger partial charge in [-0.3, -0.25) is 4.79 Å². The molecule has 0 aromatic carbocycles. The van der Waals surface area contributed by atoms with Crippen molar-refractivity contribution in [3.63, 3.8) is 0 Å². The third-order valence-electron chi connectivity index (χ3n) is 4.93. The lowest BCUT2D eigenvalue weighted by atomic mass is 9.70. The van der Waals surface area contributed by atoms with Gasteiger partial charge in [0.2, 0.25) is 0 Å². The fourth-order valence-corrected chi connectivity index (χ4v) is 3.83. The first-order valence-corrected chi connectivity index (χ1v) is 6.64. The standard InChI is InChI=1S/C14H20O3/c1-13-7-2-3-12(15)5-4-11(13)6-8-14(13)16-9-10-17-14/h2-3,11H,4-10H2,1H3/b3-2-/t11-,13+/m1/s1. The van der Waals surface area contributed by atoms with Crippen LogP contribution in [0, 0.1) is 11.3 Å². The maximum Gasteiger partial charge on any atom is 0.174 e. The summed E-state index contributed by atoms with van der Waals surface area (Å²) in [4.78, 5) is 11.5. The van der Waals surface area contributed by atoms with E-state index in [1.54, 1.807) is 6.08 Å². The highest BCUT2D eigenvalue weighted by Crippen LogP contribution is 2.58. The summed E-state index contributed by atoms with van der Waals surface area (Å²) in [5, 5.41) is 0. The van der Waals surface area contributed by atoms with Gasteiger partial charge in [-0.25, -0.2) is 0 Å². The molecule has 1 saturated heterocycles. The number of allylic oxidation sites excluding steroid dienone is 2. The smallest absolute Gasteiger partial charge is 0.174 e. The number of hydrogen-bond acceptors (Lipinski definition) is 3. The normalized spacial score (nSPS) is 42.2. The third-order valence-corrected chi connectivity index (χ3v) is 4.93. The van der Waals surface area contributed by atoms with Crippen LogP contribution in [0.1, 0.15) is 39.0 Å². The number of fused-ring (bicyclic) bond motifs is 2. The number of hydrogen-bond donors (Lipinski definition) is 0. The first-order chi connectivity index (χ1) is 8.16. The highest BCUT2D eigenvalue weighted by Gasteiger charge is 2.60. The molecule has 3 rings (SSSR count). The van der Waals surface area contributed by atoms with Gasteiger partial charge in [0.05, 0.1) is 13.2 Å². The zero-order valence-electron chi connectivity index (χ0n) is 10.4. The van der Waals surface area contributed by atoms with Crippen LogP contribution >= 0.6 is 0 Å². The van der Waals surface area contributed by atoms with Gasteiger partial charge in [-0.05, 0) is 31.3 Å². The average Bonchev–Trinajstić information content (AvgIpc) is 2.85. The van der Waals surface area contributed by atoms with Gasteiger partial charge >= 0.3 is 0 Å². The Morgan fingerprint density at radius 1 is 1.29 bits per heavy atom. The molecule has 94 valence electrons. The Labute approximate surface area is 102 Å². The molecule has 0 radical (unpaired) electrons. The summed E-state index contributed by atoms with van der Waals surface area (Å²) in [6, 6.07) is 0. The van der Waals surface area contributed by atoms with E-state index >= 15 is 0 Å². The van der Waals surface area contributed by atoms with Crippen LogP contribution in [-0.2, 0) is 14.3 Å². The molecule has 3 nitrogen and oxygen atoms in total. The second kappa shape index (κ2) is 3.92. The van der Waals surface area contributed by atoms with Crippen molar-refractivity contribution >= 4 is 5.78 Å². The van der Waals surface area contributed by atoms with Crippen LogP contribution in [0.25, 0.3) is 0 Å². The van der Waals surface area contributed by atoms with Crippen molar-refractivity contribution in [1.82, 2.24) is 0 Å². The van der Waals surface area contributed by atoms with Gasteiger partial charge in [0.1, 0.15) is 0 Å². The Balaban J connectivity index is 1.93. The molecule has 17 heavy (non-hydrogen) atoms. The van der Waals surface area contributed by atoms with Crippen LogP contribution in [0.15, 0.2) is 12.2 Å². The summed E-state index contributed by atoms with van der Waals surface area (Å²) in [6.07, 6.45) is 8.41. The Kier molecular flexibility index (Phi) is 2.64. The number of carbonyl (C=O) groups excluding carboxylic acids is 1. The topological polar surface area (TPSA) is 35.5 Å². The lowest BCUT2D eigenvalue weighted by Crippen LogP contribution is -2.46. The Bertz CT molecular complexity index is 354. The minimum absolute atomic E-state index is 0.0424. The zero-order valence-corrected chi connectivity index (χ0v) is 10.4. The van der Waals surface area contributed by atoms with Gasteiger partial charge < -0.3 is 9.47 Å². The summed E-state index contributed by atoms with van der Waals surface area (Å²) in [7, 11) is 0. The molecule has 3 heteroatoms. The molecular formula is C14H20O3. The second-order valence-electron chi connectivity index (χ2n) is 5.71. The molecule has 1 heterocycles. The predicted octanol–water partition coefficient (Wildman–Crippen LogP) is 2.46. The summed E-state index contributed by atoms with van der Waals surface area (Å²) in [6.45, 7) is 3.70. The molecular weight excluding hydrogens is 216 g/mol. The first-order valence-electron chi connectivity index (χ1n) is 6.64. The van der Waals surface area contributed by atoms with Crippen LogP contribution in [0.5, 0.6) is 0 Å². The summed E-state index contributed by atoms with van der Waals surface area (Å²) >= 11 is 0. The van der Waals surface area contributed by atoms with Crippen molar-refractivity contribution in [3.8, 4) is 0 Å². The van der Waals surface area contributed by atoms with E-state index in [1.807, 2.05) is 6.08 Å². The molecule has 0 bridgehead atoms. The zero-order chi connectivity index (χ0) is 11.9. The Morgan fingerprint density at radius 2 is 2.06 bits per heavy atom. The molecule has 0 unspecified atom stereocenters.